The Hall–Kier alpha value is -2.24. The molecule has 0 atom stereocenters. The van der Waals surface area contributed by atoms with Gasteiger partial charge in [-0.15, -0.1) is 0 Å². The molecule has 24 heavy (non-hydrogen) atoms. The summed E-state index contributed by atoms with van der Waals surface area (Å²) in [5, 5.41) is 7.30. The van der Waals surface area contributed by atoms with Crippen molar-refractivity contribution in [2.45, 2.75) is 58.9 Å². The molecule has 0 aliphatic heterocycles. The maximum absolute atomic E-state index is 12.4. The van der Waals surface area contributed by atoms with Gasteiger partial charge >= 0.3 is 0 Å². The molecule has 0 radical (unpaired) electrons. The second-order valence-electron chi connectivity index (χ2n) is 6.77. The monoisotopic (exact) mass is 327 g/mol. The van der Waals surface area contributed by atoms with E-state index in [9.17, 15) is 4.79 Å². The first-order chi connectivity index (χ1) is 11.5. The Balaban J connectivity index is 1.71. The number of nitrogens with zero attached hydrogens (tertiary/aromatic N) is 4. The van der Waals surface area contributed by atoms with E-state index in [1.807, 2.05) is 13.0 Å². The molecular formula is C18H25N5O. The lowest BCUT2D eigenvalue weighted by Gasteiger charge is -2.17. The molecule has 1 N–H and O–H groups in total. The number of nitrogens with one attached hydrogen (secondary N) is 1. The average Bonchev–Trinajstić information content (AvgIpc) is 2.95. The highest BCUT2D eigenvalue weighted by molar-refractivity contribution is 5.92. The van der Waals surface area contributed by atoms with Crippen LogP contribution in [0, 0.1) is 6.92 Å². The first-order valence-electron chi connectivity index (χ1n) is 8.63. The summed E-state index contributed by atoms with van der Waals surface area (Å²) in [4.78, 5) is 21.6. The van der Waals surface area contributed by atoms with Gasteiger partial charge in [-0.1, -0.05) is 13.8 Å². The molecule has 0 aromatic carbocycles. The van der Waals surface area contributed by atoms with Gasteiger partial charge in [-0.2, -0.15) is 5.10 Å². The van der Waals surface area contributed by atoms with Crippen molar-refractivity contribution in [2.75, 3.05) is 0 Å². The molecule has 0 saturated carbocycles. The van der Waals surface area contributed by atoms with Crippen molar-refractivity contribution >= 4 is 5.91 Å². The smallest absolute Gasteiger partial charge is 0.269 e. The Morgan fingerprint density at radius 2 is 2.04 bits per heavy atom. The van der Waals surface area contributed by atoms with Crippen molar-refractivity contribution in [3.63, 3.8) is 0 Å². The molecule has 0 unspecified atom stereocenters. The van der Waals surface area contributed by atoms with E-state index in [1.165, 1.54) is 18.4 Å². The summed E-state index contributed by atoms with van der Waals surface area (Å²) in [5.74, 6) is 0.841. The fourth-order valence-corrected chi connectivity index (χ4v) is 3.16. The Morgan fingerprint density at radius 3 is 2.75 bits per heavy atom. The summed E-state index contributed by atoms with van der Waals surface area (Å²) in [5.41, 5.74) is 4.98. The second kappa shape index (κ2) is 6.71. The largest absolute Gasteiger partial charge is 0.343 e. The Bertz CT molecular complexity index is 763. The summed E-state index contributed by atoms with van der Waals surface area (Å²) in [6, 6.07) is 1.85. The van der Waals surface area contributed by atoms with E-state index in [2.05, 4.69) is 34.2 Å². The number of rotatable bonds is 4. The van der Waals surface area contributed by atoms with Crippen LogP contribution < -0.4 is 5.32 Å². The predicted octanol–water partition coefficient (Wildman–Crippen LogP) is 2.45. The molecule has 1 amide bonds. The van der Waals surface area contributed by atoms with Crippen LogP contribution in [0.5, 0.6) is 0 Å². The summed E-state index contributed by atoms with van der Waals surface area (Å²) in [6.07, 6.45) is 4.48. The zero-order valence-electron chi connectivity index (χ0n) is 14.9. The number of carbonyl (C=O) groups excluding carboxylic acids is 1. The molecule has 6 heteroatoms. The number of aromatic nitrogens is 4. The molecule has 0 bridgehead atoms. The second-order valence-corrected chi connectivity index (χ2v) is 6.77. The number of amides is 1. The molecule has 128 valence electrons. The van der Waals surface area contributed by atoms with Crippen molar-refractivity contribution in [1.29, 1.82) is 0 Å². The minimum absolute atomic E-state index is 0.143. The maximum atomic E-state index is 12.4. The van der Waals surface area contributed by atoms with Crippen LogP contribution in [-0.4, -0.2) is 25.7 Å². The fraction of sp³-hybridized carbons (Fsp3) is 0.556. The highest BCUT2D eigenvalue weighted by Gasteiger charge is 2.17. The van der Waals surface area contributed by atoms with E-state index in [0.29, 0.717) is 24.0 Å². The van der Waals surface area contributed by atoms with Crippen LogP contribution in [0.15, 0.2) is 6.07 Å². The van der Waals surface area contributed by atoms with Crippen molar-refractivity contribution in [3.05, 3.63) is 40.2 Å². The minimum Gasteiger partial charge on any atom is -0.343 e. The van der Waals surface area contributed by atoms with E-state index in [-0.39, 0.29) is 5.91 Å². The molecule has 0 saturated heterocycles. The van der Waals surface area contributed by atoms with Gasteiger partial charge < -0.3 is 5.32 Å². The topological polar surface area (TPSA) is 72.7 Å². The van der Waals surface area contributed by atoms with Crippen molar-refractivity contribution in [1.82, 2.24) is 25.1 Å². The standard InChI is InChI=1S/C18H25N5O/c1-11(2)15-9-16(23(4)22-15)18(24)19-10-17-20-12(3)13-7-5-6-8-14(13)21-17/h9,11H,5-8,10H2,1-4H3,(H,19,24). The summed E-state index contributed by atoms with van der Waals surface area (Å²) in [7, 11) is 1.79. The Morgan fingerprint density at radius 1 is 1.29 bits per heavy atom. The summed E-state index contributed by atoms with van der Waals surface area (Å²) >= 11 is 0. The molecule has 0 spiro atoms. The van der Waals surface area contributed by atoms with Crippen LogP contribution in [0.2, 0.25) is 0 Å². The predicted molar refractivity (Wildman–Crippen MR) is 91.9 cm³/mol. The van der Waals surface area contributed by atoms with E-state index >= 15 is 0 Å². The molecule has 2 aromatic rings. The van der Waals surface area contributed by atoms with Gasteiger partial charge in [0.15, 0.2) is 0 Å². The third-order valence-corrected chi connectivity index (χ3v) is 4.57. The van der Waals surface area contributed by atoms with Gasteiger partial charge in [0.1, 0.15) is 11.5 Å². The Labute approximate surface area is 142 Å². The van der Waals surface area contributed by atoms with E-state index in [0.717, 1.165) is 29.9 Å². The van der Waals surface area contributed by atoms with Gasteiger partial charge in [0, 0.05) is 18.4 Å². The molecule has 1 aliphatic rings. The van der Waals surface area contributed by atoms with Gasteiger partial charge in [0.05, 0.1) is 12.2 Å². The zero-order chi connectivity index (χ0) is 17.3. The molecule has 3 rings (SSSR count). The van der Waals surface area contributed by atoms with Crippen LogP contribution in [0.3, 0.4) is 0 Å². The maximum Gasteiger partial charge on any atom is 0.269 e. The first kappa shape index (κ1) is 16.6. The SMILES string of the molecule is Cc1nc(CNC(=O)c2cc(C(C)C)nn2C)nc2c1CCCC2. The molecule has 1 aliphatic carbocycles. The molecule has 0 fully saturated rings. The Kier molecular flexibility index (Phi) is 4.64. The summed E-state index contributed by atoms with van der Waals surface area (Å²) < 4.78 is 1.63. The number of fused-ring (bicyclic) bond motifs is 1. The lowest BCUT2D eigenvalue weighted by molar-refractivity contribution is 0.0940. The third-order valence-electron chi connectivity index (χ3n) is 4.57. The highest BCUT2D eigenvalue weighted by Crippen LogP contribution is 2.21. The van der Waals surface area contributed by atoms with Crippen LogP contribution in [-0.2, 0) is 26.4 Å². The van der Waals surface area contributed by atoms with E-state index in [4.69, 9.17) is 0 Å². The number of carbonyl (C=O) groups is 1. The van der Waals surface area contributed by atoms with Crippen molar-refractivity contribution < 1.29 is 4.79 Å². The summed E-state index contributed by atoms with van der Waals surface area (Å²) in [6.45, 7) is 6.50. The highest BCUT2D eigenvalue weighted by atomic mass is 16.2. The number of hydrogen-bond donors (Lipinski definition) is 1. The molecule has 2 heterocycles. The van der Waals surface area contributed by atoms with Crippen LogP contribution >= 0.6 is 0 Å². The van der Waals surface area contributed by atoms with Crippen molar-refractivity contribution in [2.24, 2.45) is 7.05 Å². The van der Waals surface area contributed by atoms with Crippen molar-refractivity contribution in [3.8, 4) is 0 Å². The van der Waals surface area contributed by atoms with Gasteiger partial charge in [-0.3, -0.25) is 9.48 Å². The zero-order valence-corrected chi connectivity index (χ0v) is 14.9. The normalized spacial score (nSPS) is 13.9. The van der Waals surface area contributed by atoms with Gasteiger partial charge in [0.25, 0.3) is 5.91 Å². The van der Waals surface area contributed by atoms with E-state index in [1.54, 1.807) is 11.7 Å². The van der Waals surface area contributed by atoms with E-state index < -0.39 is 0 Å². The molecular weight excluding hydrogens is 302 g/mol. The van der Waals surface area contributed by atoms with Gasteiger partial charge in [0.2, 0.25) is 0 Å². The van der Waals surface area contributed by atoms with Crippen LogP contribution in [0.25, 0.3) is 0 Å². The quantitative estimate of drug-likeness (QED) is 0.936. The average molecular weight is 327 g/mol. The lowest BCUT2D eigenvalue weighted by Crippen LogP contribution is -2.26. The number of hydrogen-bond acceptors (Lipinski definition) is 4. The fourth-order valence-electron chi connectivity index (χ4n) is 3.16. The lowest BCUT2D eigenvalue weighted by atomic mass is 9.95. The first-order valence-corrected chi connectivity index (χ1v) is 8.63. The molecule has 2 aromatic heterocycles. The minimum atomic E-state index is -0.143. The van der Waals surface area contributed by atoms with Gasteiger partial charge in [-0.25, -0.2) is 9.97 Å². The molecule has 6 nitrogen and oxygen atoms in total. The van der Waals surface area contributed by atoms with Crippen LogP contribution in [0.4, 0.5) is 0 Å². The van der Waals surface area contributed by atoms with Gasteiger partial charge in [-0.05, 0) is 50.2 Å². The third kappa shape index (κ3) is 3.32. The van der Waals surface area contributed by atoms with Crippen LogP contribution in [0.1, 0.15) is 71.6 Å². The number of aryl methyl sites for hydroxylation is 3.